The van der Waals surface area contributed by atoms with Gasteiger partial charge >= 0.3 is 0 Å². The number of nitrogens with two attached hydrogens (primary N) is 1. The Balaban J connectivity index is 2.91. The molecular formula is C12H24N4O3S. The van der Waals surface area contributed by atoms with E-state index in [2.05, 4.69) is 9.82 Å². The van der Waals surface area contributed by atoms with Gasteiger partial charge in [0.15, 0.2) is 5.82 Å². The fourth-order valence-electron chi connectivity index (χ4n) is 2.22. The van der Waals surface area contributed by atoms with Crippen LogP contribution in [-0.4, -0.2) is 35.5 Å². The minimum atomic E-state index is -3.79. The van der Waals surface area contributed by atoms with Crippen molar-refractivity contribution < 1.29 is 13.5 Å². The lowest BCUT2D eigenvalue weighted by Gasteiger charge is -2.25. The van der Waals surface area contributed by atoms with Gasteiger partial charge in [-0.2, -0.15) is 5.10 Å². The lowest BCUT2D eigenvalue weighted by Crippen LogP contribution is -2.41. The second-order valence-electron chi connectivity index (χ2n) is 5.84. The number of hydrogen-bond donors (Lipinski definition) is 3. The van der Waals surface area contributed by atoms with E-state index in [0.717, 1.165) is 0 Å². The van der Waals surface area contributed by atoms with E-state index >= 15 is 0 Å². The second-order valence-corrected chi connectivity index (χ2v) is 7.55. The van der Waals surface area contributed by atoms with Crippen LogP contribution in [0.15, 0.2) is 4.90 Å². The molecule has 0 bridgehead atoms. The first kappa shape index (κ1) is 16.9. The predicted molar refractivity (Wildman–Crippen MR) is 77.6 cm³/mol. The highest BCUT2D eigenvalue weighted by molar-refractivity contribution is 7.89. The maximum absolute atomic E-state index is 12.3. The number of aryl methyl sites for hydroxylation is 1. The lowest BCUT2D eigenvalue weighted by atomic mass is 9.95. The highest BCUT2D eigenvalue weighted by Gasteiger charge is 2.29. The van der Waals surface area contributed by atoms with E-state index in [1.54, 1.807) is 20.9 Å². The maximum atomic E-state index is 12.3. The van der Waals surface area contributed by atoms with E-state index in [1.165, 1.54) is 4.68 Å². The van der Waals surface area contributed by atoms with E-state index < -0.39 is 15.6 Å². The first-order valence-corrected chi connectivity index (χ1v) is 7.96. The third-order valence-corrected chi connectivity index (χ3v) is 4.63. The van der Waals surface area contributed by atoms with Crippen molar-refractivity contribution in [2.24, 2.45) is 13.0 Å². The number of hydrogen-bond acceptors (Lipinski definition) is 5. The van der Waals surface area contributed by atoms with E-state index in [9.17, 15) is 13.5 Å². The number of sulfonamides is 1. The topological polar surface area (TPSA) is 110 Å². The third kappa shape index (κ3) is 3.94. The van der Waals surface area contributed by atoms with Crippen LogP contribution in [0.25, 0.3) is 0 Å². The molecule has 1 heterocycles. The Morgan fingerprint density at radius 2 is 2.05 bits per heavy atom. The zero-order valence-corrected chi connectivity index (χ0v) is 13.5. The van der Waals surface area contributed by atoms with Gasteiger partial charge in [-0.25, -0.2) is 13.1 Å². The van der Waals surface area contributed by atoms with Gasteiger partial charge in [0.25, 0.3) is 0 Å². The fraction of sp³-hybridized carbons (Fsp3) is 0.750. The Morgan fingerprint density at radius 1 is 1.50 bits per heavy atom. The van der Waals surface area contributed by atoms with Crippen molar-refractivity contribution in [3.05, 3.63) is 5.69 Å². The standard InChI is InChI=1S/C12H24N4O3S/c1-8(2)6-12(4,17)7-14-20(18,19)10-9(3)16(5)15-11(10)13/h8,14,17H,6-7H2,1-5H3,(H2,13,15). The molecule has 116 valence electrons. The number of aliphatic hydroxyl groups is 1. The quantitative estimate of drug-likeness (QED) is 0.704. The van der Waals surface area contributed by atoms with Crippen molar-refractivity contribution in [1.29, 1.82) is 0 Å². The van der Waals surface area contributed by atoms with Crippen LogP contribution in [0.4, 0.5) is 5.82 Å². The summed E-state index contributed by atoms with van der Waals surface area (Å²) in [5.41, 5.74) is 4.99. The SMILES string of the molecule is Cc1c(S(=O)(=O)NCC(C)(O)CC(C)C)c(N)nn1C. The summed E-state index contributed by atoms with van der Waals surface area (Å²) in [4.78, 5) is -0.0275. The minimum absolute atomic E-state index is 0.0275. The molecule has 0 radical (unpaired) electrons. The third-order valence-electron chi connectivity index (χ3n) is 3.06. The highest BCUT2D eigenvalue weighted by Crippen LogP contribution is 2.22. The molecule has 0 aliphatic carbocycles. The van der Waals surface area contributed by atoms with Gasteiger partial charge in [-0.3, -0.25) is 4.68 Å². The number of aromatic nitrogens is 2. The monoisotopic (exact) mass is 304 g/mol. The van der Waals surface area contributed by atoms with Gasteiger partial charge < -0.3 is 10.8 Å². The average molecular weight is 304 g/mol. The lowest BCUT2D eigenvalue weighted by molar-refractivity contribution is 0.0436. The Morgan fingerprint density at radius 3 is 2.45 bits per heavy atom. The smallest absolute Gasteiger partial charge is 0.246 e. The Kier molecular flexibility index (Phi) is 4.83. The first-order valence-electron chi connectivity index (χ1n) is 6.47. The summed E-state index contributed by atoms with van der Waals surface area (Å²) in [5, 5.41) is 14.0. The molecule has 1 aromatic rings. The number of nitrogen functional groups attached to an aromatic ring is 1. The van der Waals surface area contributed by atoms with Gasteiger partial charge in [0.1, 0.15) is 4.90 Å². The molecule has 1 rings (SSSR count). The summed E-state index contributed by atoms with van der Waals surface area (Å²) in [6.07, 6.45) is 0.497. The molecule has 0 saturated heterocycles. The molecule has 0 aliphatic heterocycles. The van der Waals surface area contributed by atoms with Crippen molar-refractivity contribution in [2.75, 3.05) is 12.3 Å². The largest absolute Gasteiger partial charge is 0.389 e. The zero-order chi connectivity index (χ0) is 15.7. The number of nitrogens with zero attached hydrogens (tertiary/aromatic N) is 2. The van der Waals surface area contributed by atoms with Gasteiger partial charge in [-0.05, 0) is 26.2 Å². The van der Waals surface area contributed by atoms with Crippen LogP contribution < -0.4 is 10.5 Å². The van der Waals surface area contributed by atoms with Crippen molar-refractivity contribution in [2.45, 2.75) is 44.6 Å². The van der Waals surface area contributed by atoms with Crippen molar-refractivity contribution in [3.63, 3.8) is 0 Å². The minimum Gasteiger partial charge on any atom is -0.389 e. The van der Waals surface area contributed by atoms with Gasteiger partial charge in [0.05, 0.1) is 11.3 Å². The summed E-state index contributed by atoms with van der Waals surface area (Å²) in [7, 11) is -2.16. The van der Waals surface area contributed by atoms with Gasteiger partial charge in [0, 0.05) is 13.6 Å². The molecule has 0 amide bonds. The van der Waals surface area contributed by atoms with E-state index in [0.29, 0.717) is 12.1 Å². The maximum Gasteiger partial charge on any atom is 0.246 e. The van der Waals surface area contributed by atoms with Crippen molar-refractivity contribution in [3.8, 4) is 0 Å². The molecule has 0 aliphatic rings. The highest BCUT2D eigenvalue weighted by atomic mass is 32.2. The van der Waals surface area contributed by atoms with Gasteiger partial charge in [-0.1, -0.05) is 13.8 Å². The second kappa shape index (κ2) is 5.71. The molecule has 20 heavy (non-hydrogen) atoms. The molecule has 1 atom stereocenters. The van der Waals surface area contributed by atoms with Gasteiger partial charge in [0.2, 0.25) is 10.0 Å². The molecular weight excluding hydrogens is 280 g/mol. The van der Waals surface area contributed by atoms with Crippen molar-refractivity contribution in [1.82, 2.24) is 14.5 Å². The fourth-order valence-corrected chi connectivity index (χ4v) is 3.70. The summed E-state index contributed by atoms with van der Waals surface area (Å²) in [5.74, 6) is 0.223. The van der Waals surface area contributed by atoms with Crippen LogP contribution in [0.2, 0.25) is 0 Å². The molecule has 0 spiro atoms. The molecule has 7 nitrogen and oxygen atoms in total. The molecule has 4 N–H and O–H groups in total. The molecule has 1 aromatic heterocycles. The van der Waals surface area contributed by atoms with Crippen LogP contribution in [0.5, 0.6) is 0 Å². The predicted octanol–water partition coefficient (Wildman–Crippen LogP) is 0.386. The van der Waals surface area contributed by atoms with Crippen molar-refractivity contribution >= 4 is 15.8 Å². The van der Waals surface area contributed by atoms with Crippen LogP contribution in [0.3, 0.4) is 0 Å². The number of nitrogens with one attached hydrogen (secondary N) is 1. The summed E-state index contributed by atoms with van der Waals surface area (Å²) in [6.45, 7) is 7.10. The van der Waals surface area contributed by atoms with Gasteiger partial charge in [-0.15, -0.1) is 0 Å². The summed E-state index contributed by atoms with van der Waals surface area (Å²) in [6, 6.07) is 0. The molecule has 0 fully saturated rings. The summed E-state index contributed by atoms with van der Waals surface area (Å²) < 4.78 is 28.3. The van der Waals surface area contributed by atoms with Crippen LogP contribution in [0, 0.1) is 12.8 Å². The number of anilines is 1. The van der Waals surface area contributed by atoms with E-state index in [4.69, 9.17) is 5.73 Å². The molecule has 8 heteroatoms. The Bertz CT molecular complexity index is 576. The average Bonchev–Trinajstić information content (AvgIpc) is 2.49. The zero-order valence-electron chi connectivity index (χ0n) is 12.6. The Labute approximate surface area is 120 Å². The summed E-state index contributed by atoms with van der Waals surface area (Å²) >= 11 is 0. The van der Waals surface area contributed by atoms with Crippen LogP contribution in [0.1, 0.15) is 32.9 Å². The van der Waals surface area contributed by atoms with Crippen LogP contribution in [-0.2, 0) is 17.1 Å². The molecule has 0 aromatic carbocycles. The molecule has 0 saturated carbocycles. The van der Waals surface area contributed by atoms with Crippen LogP contribution >= 0.6 is 0 Å². The van der Waals surface area contributed by atoms with E-state index in [-0.39, 0.29) is 23.2 Å². The first-order chi connectivity index (χ1) is 8.96. The normalized spacial score (nSPS) is 15.6. The Hall–Kier alpha value is -1.12. The van der Waals surface area contributed by atoms with E-state index in [1.807, 2.05) is 13.8 Å². The molecule has 1 unspecified atom stereocenters. The number of rotatable bonds is 6.